The van der Waals surface area contributed by atoms with Crippen molar-refractivity contribution in [1.82, 2.24) is 5.32 Å². The van der Waals surface area contributed by atoms with Crippen LogP contribution in [-0.4, -0.2) is 51.8 Å². The van der Waals surface area contributed by atoms with Gasteiger partial charge in [-0.05, 0) is 18.2 Å². The van der Waals surface area contributed by atoms with Crippen molar-refractivity contribution < 1.29 is 4.48 Å². The summed E-state index contributed by atoms with van der Waals surface area (Å²) < 4.78 is 0.978. The highest BCUT2D eigenvalue weighted by Crippen LogP contribution is 2.20. The fourth-order valence-electron chi connectivity index (χ4n) is 1.57. The van der Waals surface area contributed by atoms with Gasteiger partial charge in [-0.2, -0.15) is 0 Å². The highest BCUT2D eigenvalue weighted by atomic mass is 15.3. The van der Waals surface area contributed by atoms with E-state index in [1.807, 2.05) is 12.1 Å². The molecule has 0 saturated heterocycles. The highest BCUT2D eigenvalue weighted by Gasteiger charge is 2.04. The van der Waals surface area contributed by atoms with Crippen molar-refractivity contribution in [2.24, 2.45) is 0 Å². The van der Waals surface area contributed by atoms with Crippen LogP contribution in [0.5, 0.6) is 0 Å². The average Bonchev–Trinajstić information content (AvgIpc) is 2.24. The molecule has 0 spiro atoms. The summed E-state index contributed by atoms with van der Waals surface area (Å²) in [6, 6.07) is 5.53. The summed E-state index contributed by atoms with van der Waals surface area (Å²) in [6.45, 7) is 3.90. The summed E-state index contributed by atoms with van der Waals surface area (Å²) >= 11 is 0. The molecule has 5 nitrogen and oxygen atoms in total. The predicted molar refractivity (Wildman–Crippen MR) is 79.5 cm³/mol. The Kier molecular flexibility index (Phi) is 5.25. The van der Waals surface area contributed by atoms with Crippen molar-refractivity contribution in [3.63, 3.8) is 0 Å². The van der Waals surface area contributed by atoms with Crippen molar-refractivity contribution in [2.75, 3.05) is 64.1 Å². The molecule has 0 unspecified atom stereocenters. The SMILES string of the molecule is C[N+](C)(C)CCNCCNc1ccc(N)cc1N. The van der Waals surface area contributed by atoms with Gasteiger partial charge >= 0.3 is 0 Å². The molecule has 1 rings (SSSR count). The van der Waals surface area contributed by atoms with Gasteiger partial charge in [0.2, 0.25) is 0 Å². The van der Waals surface area contributed by atoms with E-state index in [0.717, 1.165) is 36.3 Å². The van der Waals surface area contributed by atoms with E-state index < -0.39 is 0 Å². The molecule has 0 saturated carbocycles. The Morgan fingerprint density at radius 1 is 1.06 bits per heavy atom. The summed E-state index contributed by atoms with van der Waals surface area (Å²) in [5.74, 6) is 0. The third-order valence-electron chi connectivity index (χ3n) is 2.65. The van der Waals surface area contributed by atoms with Gasteiger partial charge in [0.25, 0.3) is 0 Å². The summed E-state index contributed by atoms with van der Waals surface area (Å²) in [4.78, 5) is 0. The molecular weight excluding hydrogens is 226 g/mol. The van der Waals surface area contributed by atoms with Crippen LogP contribution in [0.4, 0.5) is 17.1 Å². The molecule has 1 aromatic rings. The van der Waals surface area contributed by atoms with Gasteiger partial charge in [0.05, 0.1) is 39.1 Å². The molecule has 0 radical (unpaired) electrons. The molecule has 1 aromatic carbocycles. The molecule has 0 heterocycles. The van der Waals surface area contributed by atoms with Crippen LogP contribution in [0.25, 0.3) is 0 Å². The van der Waals surface area contributed by atoms with E-state index in [9.17, 15) is 0 Å². The zero-order valence-electron chi connectivity index (χ0n) is 11.7. The molecule has 0 aliphatic heterocycles. The zero-order valence-corrected chi connectivity index (χ0v) is 11.7. The molecule has 0 aliphatic rings. The number of anilines is 3. The molecule has 0 bridgehead atoms. The second-order valence-corrected chi connectivity index (χ2v) is 5.54. The van der Waals surface area contributed by atoms with Gasteiger partial charge in [-0.1, -0.05) is 0 Å². The Bertz CT molecular complexity index is 370. The maximum atomic E-state index is 5.85. The highest BCUT2D eigenvalue weighted by molar-refractivity contribution is 5.70. The van der Waals surface area contributed by atoms with Crippen molar-refractivity contribution in [2.45, 2.75) is 0 Å². The lowest BCUT2D eigenvalue weighted by Gasteiger charge is -2.23. The van der Waals surface area contributed by atoms with Gasteiger partial charge < -0.3 is 26.6 Å². The van der Waals surface area contributed by atoms with E-state index in [2.05, 4.69) is 31.8 Å². The van der Waals surface area contributed by atoms with Crippen molar-refractivity contribution in [1.29, 1.82) is 0 Å². The van der Waals surface area contributed by atoms with Gasteiger partial charge in [-0.15, -0.1) is 0 Å². The summed E-state index contributed by atoms with van der Waals surface area (Å²) in [6.07, 6.45) is 0. The van der Waals surface area contributed by atoms with Crippen LogP contribution >= 0.6 is 0 Å². The van der Waals surface area contributed by atoms with E-state index in [4.69, 9.17) is 11.5 Å². The number of nitrogens with two attached hydrogens (primary N) is 2. The Hall–Kier alpha value is -1.46. The maximum Gasteiger partial charge on any atom is 0.0907 e. The quantitative estimate of drug-likeness (QED) is 0.325. The number of likely N-dealkylation sites (N-methyl/N-ethyl adjacent to an activating group) is 1. The minimum Gasteiger partial charge on any atom is -0.399 e. The van der Waals surface area contributed by atoms with E-state index in [0.29, 0.717) is 11.4 Å². The molecule has 0 fully saturated rings. The lowest BCUT2D eigenvalue weighted by molar-refractivity contribution is -0.869. The molecule has 102 valence electrons. The van der Waals surface area contributed by atoms with Crippen molar-refractivity contribution >= 4 is 17.1 Å². The fourth-order valence-corrected chi connectivity index (χ4v) is 1.57. The second-order valence-electron chi connectivity index (χ2n) is 5.54. The molecular formula is C13H26N5+. The van der Waals surface area contributed by atoms with Gasteiger partial charge in [0, 0.05) is 25.3 Å². The minimum atomic E-state index is 0.694. The lowest BCUT2D eigenvalue weighted by Crippen LogP contribution is -2.41. The zero-order chi connectivity index (χ0) is 13.6. The first-order valence-electron chi connectivity index (χ1n) is 6.28. The number of quaternary nitrogens is 1. The smallest absolute Gasteiger partial charge is 0.0907 e. The minimum absolute atomic E-state index is 0.694. The lowest BCUT2D eigenvalue weighted by atomic mass is 10.2. The second kappa shape index (κ2) is 6.47. The van der Waals surface area contributed by atoms with Gasteiger partial charge in [0.15, 0.2) is 0 Å². The normalized spacial score (nSPS) is 11.5. The topological polar surface area (TPSA) is 76.1 Å². The third-order valence-corrected chi connectivity index (χ3v) is 2.65. The third kappa shape index (κ3) is 5.75. The molecule has 0 aromatic heterocycles. The van der Waals surface area contributed by atoms with E-state index >= 15 is 0 Å². The Morgan fingerprint density at radius 3 is 2.39 bits per heavy atom. The Balaban J connectivity index is 2.18. The van der Waals surface area contributed by atoms with E-state index in [-0.39, 0.29) is 0 Å². The van der Waals surface area contributed by atoms with E-state index in [1.165, 1.54) is 0 Å². The van der Waals surface area contributed by atoms with E-state index in [1.54, 1.807) is 6.07 Å². The number of nitrogen functional groups attached to an aromatic ring is 2. The van der Waals surface area contributed by atoms with Crippen LogP contribution in [0.2, 0.25) is 0 Å². The first-order valence-corrected chi connectivity index (χ1v) is 6.28. The summed E-state index contributed by atoms with van der Waals surface area (Å²) in [7, 11) is 6.57. The number of hydrogen-bond donors (Lipinski definition) is 4. The first kappa shape index (κ1) is 14.6. The molecule has 6 N–H and O–H groups in total. The van der Waals surface area contributed by atoms with Crippen LogP contribution in [-0.2, 0) is 0 Å². The summed E-state index contributed by atoms with van der Waals surface area (Å²) in [5, 5.41) is 6.69. The molecule has 18 heavy (non-hydrogen) atoms. The monoisotopic (exact) mass is 252 g/mol. The van der Waals surface area contributed by atoms with Gasteiger partial charge in [-0.3, -0.25) is 0 Å². The number of hydrogen-bond acceptors (Lipinski definition) is 4. The average molecular weight is 252 g/mol. The number of benzene rings is 1. The Morgan fingerprint density at radius 2 is 1.78 bits per heavy atom. The standard InChI is InChI=1S/C13H26N5/c1-18(2,3)9-8-16-6-7-17-13-5-4-11(14)10-12(13)15/h4-5,10,16-17H,6-9,14-15H2,1-3H3/q+1. The molecule has 0 atom stereocenters. The summed E-state index contributed by atoms with van der Waals surface area (Å²) in [5.41, 5.74) is 13.8. The fraction of sp³-hybridized carbons (Fsp3) is 0.538. The first-order chi connectivity index (χ1) is 8.38. The Labute approximate surface area is 110 Å². The van der Waals surface area contributed by atoms with Gasteiger partial charge in [0.1, 0.15) is 0 Å². The van der Waals surface area contributed by atoms with Crippen LogP contribution in [0.15, 0.2) is 18.2 Å². The van der Waals surface area contributed by atoms with Crippen LogP contribution in [0.1, 0.15) is 0 Å². The maximum absolute atomic E-state index is 5.85. The molecule has 0 amide bonds. The molecule has 0 aliphatic carbocycles. The van der Waals surface area contributed by atoms with Gasteiger partial charge in [-0.25, -0.2) is 0 Å². The van der Waals surface area contributed by atoms with Crippen LogP contribution < -0.4 is 22.1 Å². The van der Waals surface area contributed by atoms with Crippen molar-refractivity contribution in [3.05, 3.63) is 18.2 Å². The number of nitrogens with zero attached hydrogens (tertiary/aromatic N) is 1. The predicted octanol–water partition coefficient (Wildman–Crippen LogP) is 0.559. The number of rotatable bonds is 7. The van der Waals surface area contributed by atoms with Crippen molar-refractivity contribution in [3.8, 4) is 0 Å². The largest absolute Gasteiger partial charge is 0.399 e. The van der Waals surface area contributed by atoms with Crippen LogP contribution in [0.3, 0.4) is 0 Å². The molecule has 5 heteroatoms. The number of nitrogens with one attached hydrogen (secondary N) is 2. The van der Waals surface area contributed by atoms with Crippen LogP contribution in [0, 0.1) is 0 Å².